The number of pyridine rings is 2. The molecule has 1 unspecified atom stereocenters. The lowest BCUT2D eigenvalue weighted by atomic mass is 9.80. The van der Waals surface area contributed by atoms with Gasteiger partial charge in [-0.2, -0.15) is 0 Å². The Morgan fingerprint density at radius 2 is 1.92 bits per heavy atom. The Labute approximate surface area is 224 Å². The Bertz CT molecular complexity index is 1570. The van der Waals surface area contributed by atoms with Crippen molar-refractivity contribution in [2.45, 2.75) is 63.5 Å². The summed E-state index contributed by atoms with van der Waals surface area (Å²) in [7, 11) is 1.63. The molecular formula is C29H30N4O6. The van der Waals surface area contributed by atoms with Gasteiger partial charge in [0.05, 0.1) is 23.5 Å². The lowest BCUT2D eigenvalue weighted by Gasteiger charge is -2.41. The summed E-state index contributed by atoms with van der Waals surface area (Å²) >= 11 is 0. The molecule has 6 rings (SSSR count). The predicted molar refractivity (Wildman–Crippen MR) is 146 cm³/mol. The Morgan fingerprint density at radius 3 is 2.59 bits per heavy atom. The van der Waals surface area contributed by atoms with Gasteiger partial charge in [-0.3, -0.25) is 14.9 Å². The normalized spacial score (nSPS) is 19.2. The summed E-state index contributed by atoms with van der Waals surface area (Å²) in [5.41, 5.74) is 2.76. The van der Waals surface area contributed by atoms with Crippen molar-refractivity contribution in [3.05, 3.63) is 79.1 Å². The maximum absolute atomic E-state index is 13.1. The maximum Gasteiger partial charge on any atom is 0.341 e. The van der Waals surface area contributed by atoms with Crippen molar-refractivity contribution in [3.8, 4) is 5.75 Å². The first-order chi connectivity index (χ1) is 18.9. The number of anilines is 1. The van der Waals surface area contributed by atoms with Gasteiger partial charge in [0.2, 0.25) is 11.2 Å². The molecule has 1 saturated carbocycles. The molecule has 202 valence electrons. The maximum atomic E-state index is 13.1. The Balaban J connectivity index is 1.52. The summed E-state index contributed by atoms with van der Waals surface area (Å²) in [5, 5.41) is 22.0. The lowest BCUT2D eigenvalue weighted by molar-refractivity contribution is -0.384. The summed E-state index contributed by atoms with van der Waals surface area (Å²) in [6.45, 7) is 0.583. The molecule has 0 amide bonds. The highest BCUT2D eigenvalue weighted by Gasteiger charge is 2.37. The molecule has 2 aromatic heterocycles. The number of aromatic carboxylic acids is 1. The van der Waals surface area contributed by atoms with Crippen molar-refractivity contribution in [2.24, 2.45) is 0 Å². The quantitative estimate of drug-likeness (QED) is 0.256. The van der Waals surface area contributed by atoms with Crippen LogP contribution in [0.3, 0.4) is 0 Å². The molecule has 3 heterocycles. The van der Waals surface area contributed by atoms with Crippen LogP contribution in [0, 0.1) is 10.1 Å². The minimum absolute atomic E-state index is 0.0251. The number of hydrogen-bond donors (Lipinski definition) is 1. The first kappa shape index (κ1) is 25.1. The number of nitrogens with zero attached hydrogens (tertiary/aromatic N) is 4. The molecule has 1 aromatic carbocycles. The molecule has 0 saturated heterocycles. The molecule has 0 spiro atoms. The predicted octanol–water partition coefficient (Wildman–Crippen LogP) is 5.04. The number of carboxylic acid groups (broad SMARTS) is 1. The summed E-state index contributed by atoms with van der Waals surface area (Å²) in [4.78, 5) is 43.6. The van der Waals surface area contributed by atoms with Gasteiger partial charge in [0.25, 0.3) is 0 Å². The number of benzene rings is 1. The van der Waals surface area contributed by atoms with Crippen LogP contribution >= 0.6 is 0 Å². The molecule has 10 heteroatoms. The van der Waals surface area contributed by atoms with Crippen LogP contribution in [0.2, 0.25) is 0 Å². The molecule has 1 atom stereocenters. The number of hydrogen-bond acceptors (Lipinski definition) is 7. The third-order valence-electron chi connectivity index (χ3n) is 8.25. The van der Waals surface area contributed by atoms with Crippen molar-refractivity contribution in [3.63, 3.8) is 0 Å². The van der Waals surface area contributed by atoms with Crippen molar-refractivity contribution in [1.82, 2.24) is 9.55 Å². The van der Waals surface area contributed by atoms with Crippen LogP contribution in [0.4, 0.5) is 11.5 Å². The van der Waals surface area contributed by atoms with Crippen molar-refractivity contribution >= 4 is 28.5 Å². The van der Waals surface area contributed by atoms with Gasteiger partial charge in [-0.05, 0) is 74.6 Å². The van der Waals surface area contributed by atoms with E-state index >= 15 is 0 Å². The number of nitro groups is 1. The highest BCUT2D eigenvalue weighted by atomic mass is 16.6. The van der Waals surface area contributed by atoms with E-state index in [1.54, 1.807) is 11.7 Å². The van der Waals surface area contributed by atoms with Gasteiger partial charge in [0.1, 0.15) is 17.0 Å². The van der Waals surface area contributed by atoms with E-state index in [-0.39, 0.29) is 29.0 Å². The van der Waals surface area contributed by atoms with Gasteiger partial charge in [-0.25, -0.2) is 9.78 Å². The van der Waals surface area contributed by atoms with Gasteiger partial charge in [0.15, 0.2) is 0 Å². The second-order valence-corrected chi connectivity index (χ2v) is 10.6. The van der Waals surface area contributed by atoms with E-state index in [9.17, 15) is 24.8 Å². The molecule has 10 nitrogen and oxygen atoms in total. The van der Waals surface area contributed by atoms with Gasteiger partial charge in [-0.15, -0.1) is 0 Å². The Kier molecular flexibility index (Phi) is 6.32. The van der Waals surface area contributed by atoms with Crippen LogP contribution in [0.5, 0.6) is 5.75 Å². The summed E-state index contributed by atoms with van der Waals surface area (Å²) in [6, 6.07) is 9.04. The van der Waals surface area contributed by atoms with E-state index in [4.69, 9.17) is 9.72 Å². The van der Waals surface area contributed by atoms with E-state index in [0.717, 1.165) is 56.3 Å². The summed E-state index contributed by atoms with van der Waals surface area (Å²) < 4.78 is 7.04. The molecule has 0 radical (unpaired) electrons. The average molecular weight is 531 g/mol. The second-order valence-electron chi connectivity index (χ2n) is 10.6. The fourth-order valence-corrected chi connectivity index (χ4v) is 6.13. The first-order valence-corrected chi connectivity index (χ1v) is 13.4. The highest BCUT2D eigenvalue weighted by molar-refractivity contribution is 5.93. The zero-order valence-corrected chi connectivity index (χ0v) is 21.8. The van der Waals surface area contributed by atoms with Crippen LogP contribution in [-0.4, -0.2) is 45.2 Å². The molecule has 1 fully saturated rings. The van der Waals surface area contributed by atoms with Crippen LogP contribution in [0.25, 0.3) is 11.0 Å². The van der Waals surface area contributed by atoms with Crippen molar-refractivity contribution < 1.29 is 19.6 Å². The minimum Gasteiger partial charge on any atom is -0.497 e. The lowest BCUT2D eigenvalue weighted by Crippen LogP contribution is -2.44. The number of methoxy groups -OCH3 is 1. The van der Waals surface area contributed by atoms with Gasteiger partial charge in [-0.1, -0.05) is 17.7 Å². The number of rotatable bonds is 7. The van der Waals surface area contributed by atoms with Crippen LogP contribution in [0.15, 0.2) is 52.5 Å². The summed E-state index contributed by atoms with van der Waals surface area (Å²) in [5.74, 6) is -0.349. The fraction of sp³-hybridized carbons (Fsp3) is 0.414. The second kappa shape index (κ2) is 9.83. The molecule has 1 N–H and O–H groups in total. The third kappa shape index (κ3) is 4.53. The largest absolute Gasteiger partial charge is 0.497 e. The van der Waals surface area contributed by atoms with E-state index in [1.165, 1.54) is 23.4 Å². The molecule has 0 bridgehead atoms. The minimum atomic E-state index is -1.35. The first-order valence-electron chi connectivity index (χ1n) is 13.4. The molecule has 2 aliphatic carbocycles. The number of fused-ring (bicyclic) bond motifs is 1. The SMILES string of the molecule is COc1ccc(CC2C3=C(CCCC3)CCN2c2nc3c(cc2[N+](=O)[O-])c(=O)c(C(=O)O)cn3C2CC2)cc1. The molecular weight excluding hydrogens is 500 g/mol. The summed E-state index contributed by atoms with van der Waals surface area (Å²) in [6.07, 6.45) is 8.74. The van der Waals surface area contributed by atoms with Gasteiger partial charge in [0, 0.05) is 24.8 Å². The number of carboxylic acids is 1. The average Bonchev–Trinajstić information content (AvgIpc) is 3.78. The van der Waals surface area contributed by atoms with Crippen LogP contribution < -0.4 is 15.1 Å². The standard InChI is InChI=1S/C29H30N4O6/c1-39-20-10-6-17(7-11-20)14-24-21-5-3-2-4-18(21)12-13-31(24)28-25(33(37)38)15-22-26(34)23(29(35)36)16-32(19-8-9-19)27(22)30-28/h6-7,10-11,15-16,19,24H,2-5,8-9,12-14H2,1H3,(H,35,36). The van der Waals surface area contributed by atoms with Crippen LogP contribution in [-0.2, 0) is 6.42 Å². The molecule has 39 heavy (non-hydrogen) atoms. The topological polar surface area (TPSA) is 128 Å². The number of carbonyl (C=O) groups is 1. The number of aromatic nitrogens is 2. The molecule has 1 aliphatic heterocycles. The monoisotopic (exact) mass is 530 g/mol. The Morgan fingerprint density at radius 1 is 1.18 bits per heavy atom. The highest BCUT2D eigenvalue weighted by Crippen LogP contribution is 2.42. The Hall–Kier alpha value is -4.21. The zero-order chi connectivity index (χ0) is 27.3. The number of ether oxygens (including phenoxy) is 1. The third-order valence-corrected chi connectivity index (χ3v) is 8.25. The van der Waals surface area contributed by atoms with Gasteiger partial charge < -0.3 is 19.3 Å². The van der Waals surface area contributed by atoms with Crippen molar-refractivity contribution in [2.75, 3.05) is 18.6 Å². The van der Waals surface area contributed by atoms with Crippen LogP contribution in [0.1, 0.15) is 66.9 Å². The van der Waals surface area contributed by atoms with E-state index in [2.05, 4.69) is 0 Å². The molecule has 3 aromatic rings. The zero-order valence-electron chi connectivity index (χ0n) is 21.8. The molecule has 3 aliphatic rings. The van der Waals surface area contributed by atoms with E-state index in [1.807, 2.05) is 29.2 Å². The van der Waals surface area contributed by atoms with E-state index in [0.29, 0.717) is 18.6 Å². The fourth-order valence-electron chi connectivity index (χ4n) is 6.13. The van der Waals surface area contributed by atoms with Gasteiger partial charge >= 0.3 is 11.7 Å². The smallest absolute Gasteiger partial charge is 0.341 e. The van der Waals surface area contributed by atoms with E-state index < -0.39 is 21.9 Å². The van der Waals surface area contributed by atoms with Crippen molar-refractivity contribution in [1.29, 1.82) is 0 Å².